The van der Waals surface area contributed by atoms with Gasteiger partial charge in [-0.3, -0.25) is 0 Å². The quantitative estimate of drug-likeness (QED) is 0.146. The Bertz CT molecular complexity index is 5170. The smallest absolute Gasteiger partial charge is 0.159 e. The molecule has 408 valence electrons. The number of aromatic nitrogens is 3. The zero-order valence-electron chi connectivity index (χ0n) is 47.3. The fourth-order valence-electron chi connectivity index (χ4n) is 13.4. The molecule has 1 N–H and O–H groups in total. The van der Waals surface area contributed by atoms with Gasteiger partial charge in [0.2, 0.25) is 0 Å². The topological polar surface area (TPSA) is 51.5 Å². The van der Waals surface area contributed by atoms with Crippen LogP contribution in [-0.4, -0.2) is 25.4 Å². The van der Waals surface area contributed by atoms with E-state index in [0.29, 0.717) is 5.84 Å². The maximum Gasteiger partial charge on any atom is 0.159 e. The van der Waals surface area contributed by atoms with Crippen molar-refractivity contribution in [3.63, 3.8) is 0 Å². The summed E-state index contributed by atoms with van der Waals surface area (Å²) >= 11 is 0. The average molecular weight is 1110 g/mol. The Morgan fingerprint density at radius 3 is 1.14 bits per heavy atom. The fraction of sp³-hybridized carbons (Fsp3) is 0.0123. The number of aliphatic imine (C=N–C) groups is 2. The van der Waals surface area contributed by atoms with Crippen LogP contribution in [0.2, 0.25) is 0 Å². The number of benzene rings is 13. The molecule has 0 radical (unpaired) electrons. The molecule has 16 aromatic rings. The maximum atomic E-state index is 5.48. The highest BCUT2D eigenvalue weighted by Gasteiger charge is 2.27. The Balaban J connectivity index is 0.988. The molecule has 0 spiro atoms. The van der Waals surface area contributed by atoms with E-state index in [1.54, 1.807) is 0 Å². The highest BCUT2D eigenvalue weighted by Crippen LogP contribution is 2.46. The summed E-state index contributed by atoms with van der Waals surface area (Å²) in [5, 5.41) is 11.0. The maximum absolute atomic E-state index is 5.48. The number of fused-ring (bicyclic) bond motifs is 9. The van der Waals surface area contributed by atoms with Crippen molar-refractivity contribution in [1.29, 1.82) is 0 Å². The molecule has 0 saturated carbocycles. The standard InChI is InChI=1S/C81H54N6/c1-5-21-53(22-6-1)55-37-41-57(42-38-55)69-49-61(81-83-79(59-25-9-3-10-26-59)82-80(84-81)60-27-11-4-12-28-60)50-70(58-43-39-56(40-44-58)54-23-7-2-8-24-54)78(69)87-76-48-46-62(85-72-33-17-13-29-64(72)65-30-14-18-34-73(65)85)51-71(76)68-47-45-63(52-77(68)87)86-74-35-19-15-31-66(74)67-32-16-20-36-75(67)86/h1-52,79H,(H,82,83,84). The third-order valence-electron chi connectivity index (χ3n) is 17.5. The lowest BCUT2D eigenvalue weighted by Crippen LogP contribution is -2.33. The molecule has 0 fully saturated rings. The molecule has 13 aromatic carbocycles. The first-order chi connectivity index (χ1) is 43.1. The van der Waals surface area contributed by atoms with E-state index in [2.05, 4.69) is 328 Å². The molecular formula is C81H54N6. The van der Waals surface area contributed by atoms with Gasteiger partial charge in [0, 0.05) is 65.9 Å². The summed E-state index contributed by atoms with van der Waals surface area (Å²) in [5.74, 6) is 1.41. The van der Waals surface area contributed by atoms with Crippen LogP contribution in [0.4, 0.5) is 0 Å². The zero-order chi connectivity index (χ0) is 57.4. The number of hydrogen-bond acceptors (Lipinski definition) is 3. The molecule has 6 nitrogen and oxygen atoms in total. The Kier molecular flexibility index (Phi) is 11.8. The van der Waals surface area contributed by atoms with Gasteiger partial charge in [-0.05, 0) is 106 Å². The molecule has 1 unspecified atom stereocenters. The second-order valence-electron chi connectivity index (χ2n) is 22.5. The number of nitrogens with zero attached hydrogens (tertiary/aromatic N) is 5. The third-order valence-corrected chi connectivity index (χ3v) is 17.5. The minimum absolute atomic E-state index is 0.392. The van der Waals surface area contributed by atoms with Crippen LogP contribution in [0.5, 0.6) is 0 Å². The summed E-state index contributed by atoms with van der Waals surface area (Å²) in [4.78, 5) is 10.8. The molecule has 0 amide bonds. The van der Waals surface area contributed by atoms with Gasteiger partial charge in [-0.15, -0.1) is 0 Å². The van der Waals surface area contributed by atoms with Crippen LogP contribution in [0.1, 0.15) is 22.9 Å². The minimum atomic E-state index is -0.392. The first kappa shape index (κ1) is 50.0. The molecule has 6 heteroatoms. The van der Waals surface area contributed by atoms with Crippen molar-refractivity contribution in [3.8, 4) is 61.6 Å². The number of hydrogen-bond donors (Lipinski definition) is 1. The first-order valence-corrected chi connectivity index (χ1v) is 29.7. The van der Waals surface area contributed by atoms with Gasteiger partial charge in [0.15, 0.2) is 5.84 Å². The fourth-order valence-corrected chi connectivity index (χ4v) is 13.4. The van der Waals surface area contributed by atoms with Gasteiger partial charge in [0.1, 0.15) is 12.0 Å². The summed E-state index contributed by atoms with van der Waals surface area (Å²) < 4.78 is 7.43. The first-order valence-electron chi connectivity index (χ1n) is 29.7. The van der Waals surface area contributed by atoms with Crippen LogP contribution in [-0.2, 0) is 0 Å². The number of amidine groups is 2. The molecule has 4 heterocycles. The van der Waals surface area contributed by atoms with E-state index >= 15 is 0 Å². The number of rotatable bonds is 10. The largest absolute Gasteiger partial charge is 0.344 e. The van der Waals surface area contributed by atoms with Crippen LogP contribution < -0.4 is 5.32 Å². The van der Waals surface area contributed by atoms with E-state index in [-0.39, 0.29) is 0 Å². The molecule has 1 atom stereocenters. The van der Waals surface area contributed by atoms with Crippen LogP contribution in [0.25, 0.3) is 127 Å². The Morgan fingerprint density at radius 2 is 0.644 bits per heavy atom. The molecular weight excluding hydrogens is 1060 g/mol. The van der Waals surface area contributed by atoms with Gasteiger partial charge in [-0.2, -0.15) is 0 Å². The van der Waals surface area contributed by atoms with Crippen LogP contribution in [0, 0.1) is 0 Å². The van der Waals surface area contributed by atoms with Crippen molar-refractivity contribution in [2.45, 2.75) is 6.17 Å². The number of para-hydroxylation sites is 4. The van der Waals surface area contributed by atoms with E-state index < -0.39 is 6.17 Å². The molecule has 1 aliphatic rings. The van der Waals surface area contributed by atoms with E-state index in [4.69, 9.17) is 9.98 Å². The van der Waals surface area contributed by atoms with Crippen LogP contribution in [0.15, 0.2) is 325 Å². The summed E-state index contributed by atoms with van der Waals surface area (Å²) in [7, 11) is 0. The Morgan fingerprint density at radius 1 is 0.264 bits per heavy atom. The molecule has 0 aliphatic carbocycles. The molecule has 1 aliphatic heterocycles. The van der Waals surface area contributed by atoms with Crippen molar-refractivity contribution < 1.29 is 0 Å². The molecule has 17 rings (SSSR count). The molecule has 0 saturated heterocycles. The summed E-state index contributed by atoms with van der Waals surface area (Å²) in [6.07, 6.45) is -0.392. The van der Waals surface area contributed by atoms with Crippen molar-refractivity contribution in [2.75, 3.05) is 0 Å². The molecule has 0 bridgehead atoms. The van der Waals surface area contributed by atoms with Gasteiger partial charge in [-0.25, -0.2) is 9.98 Å². The van der Waals surface area contributed by atoms with E-state index in [1.807, 2.05) is 6.07 Å². The Labute approximate surface area is 503 Å². The summed E-state index contributed by atoms with van der Waals surface area (Å²) in [6, 6.07) is 114. The van der Waals surface area contributed by atoms with Gasteiger partial charge in [-0.1, -0.05) is 249 Å². The summed E-state index contributed by atoms with van der Waals surface area (Å²) in [5.41, 5.74) is 21.8. The van der Waals surface area contributed by atoms with Crippen LogP contribution in [0.3, 0.4) is 0 Å². The normalized spacial score (nSPS) is 13.4. The average Bonchev–Trinajstić information content (AvgIpc) is 1.72. The van der Waals surface area contributed by atoms with Crippen molar-refractivity contribution >= 4 is 77.1 Å². The van der Waals surface area contributed by atoms with Gasteiger partial charge in [0.05, 0.1) is 38.8 Å². The lowest BCUT2D eigenvalue weighted by molar-refractivity contribution is 0.674. The predicted molar refractivity (Wildman–Crippen MR) is 363 cm³/mol. The van der Waals surface area contributed by atoms with Crippen LogP contribution >= 0.6 is 0 Å². The highest BCUT2D eigenvalue weighted by molar-refractivity contribution is 6.17. The summed E-state index contributed by atoms with van der Waals surface area (Å²) in [6.45, 7) is 0. The van der Waals surface area contributed by atoms with Crippen molar-refractivity contribution in [2.24, 2.45) is 9.98 Å². The van der Waals surface area contributed by atoms with E-state index in [1.165, 1.54) is 32.6 Å². The third kappa shape index (κ3) is 8.48. The highest BCUT2D eigenvalue weighted by atomic mass is 15.2. The van der Waals surface area contributed by atoms with Crippen molar-refractivity contribution in [1.82, 2.24) is 19.0 Å². The monoisotopic (exact) mass is 1110 g/mol. The minimum Gasteiger partial charge on any atom is -0.344 e. The predicted octanol–water partition coefficient (Wildman–Crippen LogP) is 20.1. The second kappa shape index (κ2) is 20.6. The number of nitrogens with one attached hydrogen (secondary N) is 1. The molecule has 87 heavy (non-hydrogen) atoms. The van der Waals surface area contributed by atoms with Gasteiger partial charge >= 0.3 is 0 Å². The zero-order valence-corrected chi connectivity index (χ0v) is 47.3. The molecule has 3 aromatic heterocycles. The second-order valence-corrected chi connectivity index (χ2v) is 22.5. The lowest BCUT2D eigenvalue weighted by atomic mass is 9.90. The van der Waals surface area contributed by atoms with Crippen molar-refractivity contribution in [3.05, 3.63) is 332 Å². The SMILES string of the molecule is c1ccc(C2=NC(c3ccccc3)NC(c3cc(-c4ccc(-c5ccccc5)cc4)c(-n4c5ccc(-n6c7ccccc7c7ccccc76)cc5c5ccc(-n6c7ccccc7c7ccccc76)cc54)c(-c4ccc(-c5ccccc5)cc4)c3)=N2)cc1. The van der Waals surface area contributed by atoms with Gasteiger partial charge in [0.25, 0.3) is 0 Å². The van der Waals surface area contributed by atoms with E-state index in [0.717, 1.165) is 117 Å². The lowest BCUT2D eigenvalue weighted by Gasteiger charge is -2.26. The van der Waals surface area contributed by atoms with E-state index in [9.17, 15) is 0 Å². The van der Waals surface area contributed by atoms with Gasteiger partial charge < -0.3 is 19.0 Å². The Hall–Kier alpha value is -11.6.